The van der Waals surface area contributed by atoms with Crippen LogP contribution >= 0.6 is 0 Å². The third-order valence-electron chi connectivity index (χ3n) is 3.10. The lowest BCUT2D eigenvalue weighted by atomic mass is 10.1. The fourth-order valence-electron chi connectivity index (χ4n) is 2.10. The highest BCUT2D eigenvalue weighted by atomic mass is 15.2. The van der Waals surface area contributed by atoms with Crippen molar-refractivity contribution < 1.29 is 0 Å². The molecule has 0 saturated heterocycles. The van der Waals surface area contributed by atoms with Gasteiger partial charge in [-0.25, -0.2) is 0 Å². The number of rotatable bonds is 4. The van der Waals surface area contributed by atoms with E-state index < -0.39 is 0 Å². The summed E-state index contributed by atoms with van der Waals surface area (Å²) in [7, 11) is 0. The van der Waals surface area contributed by atoms with Crippen LogP contribution in [0.3, 0.4) is 0 Å². The number of terminal acetylenes is 1. The molecule has 0 unspecified atom stereocenters. The second-order valence-corrected chi connectivity index (χ2v) is 4.46. The average molecular weight is 275 g/mol. The van der Waals surface area contributed by atoms with Crippen LogP contribution in [0.2, 0.25) is 0 Å². The van der Waals surface area contributed by atoms with Crippen molar-refractivity contribution in [3.05, 3.63) is 42.7 Å². The monoisotopic (exact) mass is 275 g/mol. The molecule has 0 spiro atoms. The summed E-state index contributed by atoms with van der Waals surface area (Å²) in [4.78, 5) is 0. The van der Waals surface area contributed by atoms with Gasteiger partial charge in [0.05, 0.1) is 17.8 Å². The third-order valence-corrected chi connectivity index (χ3v) is 3.10. The number of benzene rings is 1. The molecular weight excluding hydrogens is 262 g/mol. The molecule has 21 heavy (non-hydrogen) atoms. The van der Waals surface area contributed by atoms with Crippen molar-refractivity contribution in [2.75, 3.05) is 11.9 Å². The van der Waals surface area contributed by atoms with Crippen LogP contribution in [0.1, 0.15) is 6.42 Å². The lowest BCUT2D eigenvalue weighted by molar-refractivity contribution is 0.996. The van der Waals surface area contributed by atoms with Gasteiger partial charge in [0.1, 0.15) is 5.69 Å². The van der Waals surface area contributed by atoms with Crippen LogP contribution in [0, 0.1) is 12.3 Å². The summed E-state index contributed by atoms with van der Waals surface area (Å²) in [6.45, 7) is 0.646. The number of fused-ring (bicyclic) bond motifs is 1. The van der Waals surface area contributed by atoms with Gasteiger partial charge in [-0.3, -0.25) is 0 Å². The Morgan fingerprint density at radius 1 is 1.00 bits per heavy atom. The zero-order valence-electron chi connectivity index (χ0n) is 11.3. The van der Waals surface area contributed by atoms with E-state index >= 15 is 0 Å². The number of aromatic nitrogens is 4. The van der Waals surface area contributed by atoms with E-state index in [4.69, 9.17) is 6.42 Å². The predicted molar refractivity (Wildman–Crippen MR) is 82.5 cm³/mol. The molecule has 0 bridgehead atoms. The van der Waals surface area contributed by atoms with Crippen LogP contribution < -0.4 is 5.32 Å². The maximum absolute atomic E-state index is 5.26. The minimum Gasteiger partial charge on any atom is -0.367 e. The van der Waals surface area contributed by atoms with Gasteiger partial charge in [-0.2, -0.15) is 10.2 Å². The van der Waals surface area contributed by atoms with Crippen LogP contribution in [0.5, 0.6) is 0 Å². The van der Waals surface area contributed by atoms with Gasteiger partial charge < -0.3 is 5.32 Å². The number of hydrogen-bond donors (Lipinski definition) is 1. The molecule has 5 nitrogen and oxygen atoms in total. The first kappa shape index (κ1) is 13.0. The highest BCUT2D eigenvalue weighted by Gasteiger charge is 2.11. The van der Waals surface area contributed by atoms with Gasteiger partial charge in [-0.1, -0.05) is 30.3 Å². The van der Waals surface area contributed by atoms with Gasteiger partial charge in [-0.05, 0) is 0 Å². The lowest BCUT2D eigenvalue weighted by Gasteiger charge is -2.09. The summed E-state index contributed by atoms with van der Waals surface area (Å²) in [6.07, 6.45) is 9.28. The van der Waals surface area contributed by atoms with Crippen molar-refractivity contribution in [1.29, 1.82) is 0 Å². The molecule has 0 radical (unpaired) electrons. The number of nitrogens with one attached hydrogen (secondary N) is 1. The topological polar surface area (TPSA) is 63.6 Å². The molecule has 1 aromatic carbocycles. The summed E-state index contributed by atoms with van der Waals surface area (Å²) in [6, 6.07) is 9.90. The Hall–Kier alpha value is -3.00. The Balaban J connectivity index is 2.09. The van der Waals surface area contributed by atoms with Crippen LogP contribution in [-0.2, 0) is 0 Å². The van der Waals surface area contributed by atoms with Gasteiger partial charge in [0.15, 0.2) is 5.82 Å². The first-order chi connectivity index (χ1) is 10.4. The van der Waals surface area contributed by atoms with Gasteiger partial charge in [0, 0.05) is 23.9 Å². The van der Waals surface area contributed by atoms with Crippen molar-refractivity contribution >= 4 is 16.6 Å². The van der Waals surface area contributed by atoms with Crippen molar-refractivity contribution in [3.63, 3.8) is 0 Å². The minimum absolute atomic E-state index is 0.627. The van der Waals surface area contributed by atoms with E-state index in [-0.39, 0.29) is 0 Å². The Bertz CT molecular complexity index is 793. The fourth-order valence-corrected chi connectivity index (χ4v) is 2.10. The van der Waals surface area contributed by atoms with Gasteiger partial charge in [0.2, 0.25) is 0 Å². The fraction of sp³-hybridized carbons (Fsp3) is 0.125. The zero-order valence-corrected chi connectivity index (χ0v) is 11.3. The minimum atomic E-state index is 0.627. The normalized spacial score (nSPS) is 10.2. The Kier molecular flexibility index (Phi) is 3.70. The van der Waals surface area contributed by atoms with Crippen LogP contribution in [0.25, 0.3) is 22.0 Å². The van der Waals surface area contributed by atoms with Crippen LogP contribution in [0.15, 0.2) is 42.7 Å². The van der Waals surface area contributed by atoms with Crippen LogP contribution in [0.4, 0.5) is 5.82 Å². The molecule has 0 amide bonds. The van der Waals surface area contributed by atoms with E-state index in [9.17, 15) is 0 Å². The molecule has 0 saturated carbocycles. The summed E-state index contributed by atoms with van der Waals surface area (Å²) in [5.74, 6) is 3.26. The lowest BCUT2D eigenvalue weighted by Crippen LogP contribution is -2.05. The van der Waals surface area contributed by atoms with Crippen molar-refractivity contribution in [3.8, 4) is 23.6 Å². The molecule has 3 rings (SSSR count). The highest BCUT2D eigenvalue weighted by molar-refractivity contribution is 5.98. The molecule has 102 valence electrons. The number of anilines is 1. The van der Waals surface area contributed by atoms with E-state index in [1.807, 2.05) is 30.3 Å². The highest BCUT2D eigenvalue weighted by Crippen LogP contribution is 2.28. The summed E-state index contributed by atoms with van der Waals surface area (Å²) in [5, 5.41) is 21.5. The SMILES string of the molecule is C#CCCNc1nnc(-c2ccccc2)c2cnncc12. The van der Waals surface area contributed by atoms with E-state index in [2.05, 4.69) is 31.6 Å². The molecular formula is C16H13N5. The quantitative estimate of drug-likeness (QED) is 0.585. The van der Waals surface area contributed by atoms with Gasteiger partial charge >= 0.3 is 0 Å². The van der Waals surface area contributed by atoms with E-state index in [1.165, 1.54) is 0 Å². The third kappa shape index (κ3) is 2.65. The van der Waals surface area contributed by atoms with Gasteiger partial charge in [-0.15, -0.1) is 22.5 Å². The van der Waals surface area contributed by atoms with Gasteiger partial charge in [0.25, 0.3) is 0 Å². The molecule has 2 heterocycles. The first-order valence-corrected chi connectivity index (χ1v) is 6.60. The van der Waals surface area contributed by atoms with Crippen molar-refractivity contribution in [1.82, 2.24) is 20.4 Å². The van der Waals surface area contributed by atoms with E-state index in [1.54, 1.807) is 12.4 Å². The van der Waals surface area contributed by atoms with Crippen LogP contribution in [-0.4, -0.2) is 26.9 Å². The second-order valence-electron chi connectivity index (χ2n) is 4.46. The molecule has 2 aromatic heterocycles. The summed E-state index contributed by atoms with van der Waals surface area (Å²) < 4.78 is 0. The molecule has 0 atom stereocenters. The Labute approximate surface area is 122 Å². The second kappa shape index (κ2) is 5.97. The number of hydrogen-bond acceptors (Lipinski definition) is 5. The molecule has 0 aliphatic carbocycles. The molecule has 3 aromatic rings. The largest absolute Gasteiger partial charge is 0.367 e. The maximum atomic E-state index is 5.26. The smallest absolute Gasteiger partial charge is 0.158 e. The van der Waals surface area contributed by atoms with Crippen molar-refractivity contribution in [2.45, 2.75) is 6.42 Å². The predicted octanol–water partition coefficient (Wildman–Crippen LogP) is 2.52. The summed E-state index contributed by atoms with van der Waals surface area (Å²) >= 11 is 0. The number of nitrogens with zero attached hydrogens (tertiary/aromatic N) is 4. The molecule has 1 N–H and O–H groups in total. The summed E-state index contributed by atoms with van der Waals surface area (Å²) in [5.41, 5.74) is 1.79. The molecule has 0 fully saturated rings. The molecule has 0 aliphatic heterocycles. The average Bonchev–Trinajstić information content (AvgIpc) is 2.56. The van der Waals surface area contributed by atoms with E-state index in [0.717, 1.165) is 22.0 Å². The Morgan fingerprint density at radius 3 is 2.52 bits per heavy atom. The molecule has 5 heteroatoms. The van der Waals surface area contributed by atoms with E-state index in [0.29, 0.717) is 18.8 Å². The maximum Gasteiger partial charge on any atom is 0.158 e. The van der Waals surface area contributed by atoms with Crippen molar-refractivity contribution in [2.24, 2.45) is 0 Å². The Morgan fingerprint density at radius 2 is 1.76 bits per heavy atom. The standard InChI is InChI=1S/C16H13N5/c1-2-3-9-17-16-14-11-19-18-10-13(14)15(20-21-16)12-7-5-4-6-8-12/h1,4-8,10-11H,3,9H2,(H,17,21). The zero-order chi connectivity index (χ0) is 14.5. The first-order valence-electron chi connectivity index (χ1n) is 6.60. The molecule has 0 aliphatic rings.